The zero-order chi connectivity index (χ0) is 20.9. The van der Waals surface area contributed by atoms with Gasteiger partial charge in [-0.3, -0.25) is 14.5 Å². The Morgan fingerprint density at radius 3 is 2.31 bits per heavy atom. The van der Waals surface area contributed by atoms with Crippen molar-refractivity contribution in [2.45, 2.75) is 43.5 Å². The van der Waals surface area contributed by atoms with Crippen molar-refractivity contribution in [2.24, 2.45) is 0 Å². The molecule has 29 heavy (non-hydrogen) atoms. The number of unbranched alkanes of at least 4 members (excludes halogenated alkanes) is 2. The van der Waals surface area contributed by atoms with Crippen LogP contribution in [0, 0.1) is 0 Å². The Labute approximate surface area is 177 Å². The molecule has 0 saturated heterocycles. The van der Waals surface area contributed by atoms with E-state index in [0.717, 1.165) is 24.2 Å². The second kappa shape index (κ2) is 13.0. The Morgan fingerprint density at radius 1 is 1.03 bits per heavy atom. The van der Waals surface area contributed by atoms with Crippen molar-refractivity contribution >= 4 is 29.3 Å². The molecule has 0 heterocycles. The van der Waals surface area contributed by atoms with E-state index in [-0.39, 0.29) is 25.0 Å². The van der Waals surface area contributed by atoms with Gasteiger partial charge in [-0.1, -0.05) is 56.2 Å². The minimum atomic E-state index is -0.664. The van der Waals surface area contributed by atoms with Gasteiger partial charge in [0.2, 0.25) is 11.8 Å². The number of hydrogen-bond donors (Lipinski definition) is 2. The molecule has 0 saturated carbocycles. The van der Waals surface area contributed by atoms with E-state index in [1.807, 2.05) is 60.7 Å². The molecule has 2 amide bonds. The van der Waals surface area contributed by atoms with Gasteiger partial charge >= 0.3 is 0 Å². The first kappa shape index (κ1) is 23.0. The van der Waals surface area contributed by atoms with E-state index in [0.29, 0.717) is 17.9 Å². The first-order valence-electron chi connectivity index (χ1n) is 10.1. The number of para-hydroxylation sites is 1. The van der Waals surface area contributed by atoms with Gasteiger partial charge in [-0.25, -0.2) is 0 Å². The fourth-order valence-corrected chi connectivity index (χ4v) is 3.99. The molecule has 1 atom stereocenters. The Balaban J connectivity index is 2.27. The number of nitrogens with one attached hydrogen (secondary N) is 1. The number of aliphatic hydroxyl groups excluding tert-OH is 1. The standard InChI is InChI=1S/C23H30N2O3S/c1-2-3-6-15-22(27)25(19-11-7-4-8-12-19)21(23(28)24-16-17-26)18-29-20-13-9-5-10-14-20/h4-5,7-14,21,26H,2-3,6,15-18H2,1H3,(H,24,28)/t21-/m1/s1. The van der Waals surface area contributed by atoms with Crippen LogP contribution in [0.4, 0.5) is 5.69 Å². The van der Waals surface area contributed by atoms with Gasteiger partial charge in [0.15, 0.2) is 0 Å². The molecular weight excluding hydrogens is 384 g/mol. The molecule has 0 aliphatic heterocycles. The summed E-state index contributed by atoms with van der Waals surface area (Å²) < 4.78 is 0. The molecule has 2 N–H and O–H groups in total. The summed E-state index contributed by atoms with van der Waals surface area (Å²) in [6, 6.07) is 18.5. The quantitative estimate of drug-likeness (QED) is 0.409. The highest BCUT2D eigenvalue weighted by atomic mass is 32.2. The second-order valence-electron chi connectivity index (χ2n) is 6.71. The number of carbonyl (C=O) groups is 2. The van der Waals surface area contributed by atoms with Crippen LogP contribution < -0.4 is 10.2 Å². The van der Waals surface area contributed by atoms with Crippen LogP contribution in [0.1, 0.15) is 32.6 Å². The van der Waals surface area contributed by atoms with Crippen molar-refractivity contribution < 1.29 is 14.7 Å². The van der Waals surface area contributed by atoms with E-state index in [9.17, 15) is 9.59 Å². The predicted octanol–water partition coefficient (Wildman–Crippen LogP) is 3.87. The number of amides is 2. The minimum absolute atomic E-state index is 0.0533. The molecule has 156 valence electrons. The van der Waals surface area contributed by atoms with Gasteiger partial charge in [-0.2, -0.15) is 0 Å². The molecule has 0 aliphatic carbocycles. The van der Waals surface area contributed by atoms with Crippen LogP contribution in [0.3, 0.4) is 0 Å². The molecule has 0 fully saturated rings. The normalized spacial score (nSPS) is 11.7. The minimum Gasteiger partial charge on any atom is -0.395 e. The van der Waals surface area contributed by atoms with Gasteiger partial charge in [0, 0.05) is 29.3 Å². The zero-order valence-electron chi connectivity index (χ0n) is 16.9. The zero-order valence-corrected chi connectivity index (χ0v) is 17.7. The van der Waals surface area contributed by atoms with Crippen molar-refractivity contribution in [3.63, 3.8) is 0 Å². The van der Waals surface area contributed by atoms with Gasteiger partial charge < -0.3 is 10.4 Å². The van der Waals surface area contributed by atoms with E-state index in [1.54, 1.807) is 16.7 Å². The lowest BCUT2D eigenvalue weighted by atomic mass is 10.1. The number of anilines is 1. The summed E-state index contributed by atoms with van der Waals surface area (Å²) in [4.78, 5) is 28.7. The van der Waals surface area contributed by atoms with Gasteiger partial charge in [0.05, 0.1) is 6.61 Å². The number of nitrogens with zero attached hydrogens (tertiary/aromatic N) is 1. The molecule has 2 aromatic carbocycles. The lowest BCUT2D eigenvalue weighted by Gasteiger charge is -2.31. The maximum atomic E-state index is 13.1. The first-order valence-corrected chi connectivity index (χ1v) is 11.1. The van der Waals surface area contributed by atoms with Gasteiger partial charge in [0.1, 0.15) is 6.04 Å². The lowest BCUT2D eigenvalue weighted by molar-refractivity contribution is -0.126. The predicted molar refractivity (Wildman–Crippen MR) is 119 cm³/mol. The summed E-state index contributed by atoms with van der Waals surface area (Å²) in [5.74, 6) is 0.119. The molecule has 0 radical (unpaired) electrons. The highest BCUT2D eigenvalue weighted by molar-refractivity contribution is 7.99. The number of aliphatic hydroxyl groups is 1. The SMILES string of the molecule is CCCCCC(=O)N(c1ccccc1)[C@H](CSc1ccccc1)C(=O)NCCO. The third-order valence-electron chi connectivity index (χ3n) is 4.47. The fraction of sp³-hybridized carbons (Fsp3) is 0.391. The van der Waals surface area contributed by atoms with Crippen LogP contribution >= 0.6 is 11.8 Å². The summed E-state index contributed by atoms with van der Waals surface area (Å²) in [7, 11) is 0. The van der Waals surface area contributed by atoms with E-state index < -0.39 is 6.04 Å². The largest absolute Gasteiger partial charge is 0.395 e. The molecule has 2 aromatic rings. The third-order valence-corrected chi connectivity index (χ3v) is 5.56. The summed E-state index contributed by atoms with van der Waals surface area (Å²) in [5, 5.41) is 11.9. The number of hydrogen-bond acceptors (Lipinski definition) is 4. The fourth-order valence-electron chi connectivity index (χ4n) is 2.99. The lowest BCUT2D eigenvalue weighted by Crippen LogP contribution is -2.52. The van der Waals surface area contributed by atoms with Crippen molar-refractivity contribution in [3.8, 4) is 0 Å². The van der Waals surface area contributed by atoms with Crippen LogP contribution in [-0.4, -0.2) is 41.9 Å². The third kappa shape index (κ3) is 7.55. The molecule has 0 bridgehead atoms. The Morgan fingerprint density at radius 2 is 1.69 bits per heavy atom. The molecule has 0 spiro atoms. The second-order valence-corrected chi connectivity index (χ2v) is 7.80. The van der Waals surface area contributed by atoms with Crippen molar-refractivity contribution in [1.82, 2.24) is 5.32 Å². The van der Waals surface area contributed by atoms with Crippen LogP contribution in [0.5, 0.6) is 0 Å². The Kier molecular flexibility index (Phi) is 10.3. The first-order chi connectivity index (χ1) is 14.2. The van der Waals surface area contributed by atoms with E-state index in [1.165, 1.54) is 0 Å². The molecule has 6 heteroatoms. The van der Waals surface area contributed by atoms with Crippen LogP contribution in [0.2, 0.25) is 0 Å². The number of benzene rings is 2. The molecule has 0 unspecified atom stereocenters. The Bertz CT molecular complexity index is 740. The highest BCUT2D eigenvalue weighted by Gasteiger charge is 2.30. The van der Waals surface area contributed by atoms with Gasteiger partial charge in [-0.15, -0.1) is 11.8 Å². The monoisotopic (exact) mass is 414 g/mol. The van der Waals surface area contributed by atoms with Crippen molar-refractivity contribution in [1.29, 1.82) is 0 Å². The average molecular weight is 415 g/mol. The van der Waals surface area contributed by atoms with E-state index in [4.69, 9.17) is 5.11 Å². The summed E-state index contributed by atoms with van der Waals surface area (Å²) in [5.41, 5.74) is 0.715. The molecular formula is C23H30N2O3S. The van der Waals surface area contributed by atoms with Gasteiger partial charge in [0.25, 0.3) is 0 Å². The molecule has 0 aliphatic rings. The van der Waals surface area contributed by atoms with Crippen LogP contribution in [0.15, 0.2) is 65.6 Å². The molecule has 5 nitrogen and oxygen atoms in total. The molecule has 2 rings (SSSR count). The maximum Gasteiger partial charge on any atom is 0.244 e. The molecule has 0 aromatic heterocycles. The maximum absolute atomic E-state index is 13.1. The summed E-state index contributed by atoms with van der Waals surface area (Å²) in [6.45, 7) is 2.12. The summed E-state index contributed by atoms with van der Waals surface area (Å²) >= 11 is 1.54. The van der Waals surface area contributed by atoms with Crippen LogP contribution in [0.25, 0.3) is 0 Å². The number of thioether (sulfide) groups is 1. The topological polar surface area (TPSA) is 69.6 Å². The van der Waals surface area contributed by atoms with Crippen molar-refractivity contribution in [2.75, 3.05) is 23.8 Å². The van der Waals surface area contributed by atoms with Gasteiger partial charge in [-0.05, 0) is 30.7 Å². The highest BCUT2D eigenvalue weighted by Crippen LogP contribution is 2.25. The van der Waals surface area contributed by atoms with E-state index in [2.05, 4.69) is 12.2 Å². The smallest absolute Gasteiger partial charge is 0.244 e. The number of carbonyl (C=O) groups excluding carboxylic acids is 2. The summed E-state index contributed by atoms with van der Waals surface area (Å²) in [6.07, 6.45) is 3.22. The number of rotatable bonds is 12. The van der Waals surface area contributed by atoms with Crippen molar-refractivity contribution in [3.05, 3.63) is 60.7 Å². The average Bonchev–Trinajstić information content (AvgIpc) is 2.76. The van der Waals surface area contributed by atoms with E-state index >= 15 is 0 Å². The van der Waals surface area contributed by atoms with Crippen LogP contribution in [-0.2, 0) is 9.59 Å². The Hall–Kier alpha value is -2.31.